The number of hydrogen-bond acceptors (Lipinski definition) is 1. The minimum absolute atomic E-state index is 0.100. The molecule has 0 saturated heterocycles. The summed E-state index contributed by atoms with van der Waals surface area (Å²) in [4.78, 5) is 16.8. The van der Waals surface area contributed by atoms with E-state index in [1.165, 1.54) is 19.3 Å². The van der Waals surface area contributed by atoms with Crippen molar-refractivity contribution in [2.24, 2.45) is 17.8 Å². The fourth-order valence-corrected chi connectivity index (χ4v) is 4.26. The number of imidazole rings is 1. The quantitative estimate of drug-likeness (QED) is 0.803. The van der Waals surface area contributed by atoms with Gasteiger partial charge >= 0.3 is 5.69 Å². The maximum Gasteiger partial charge on any atom is 0.323 e. The van der Waals surface area contributed by atoms with Gasteiger partial charge in [0.2, 0.25) is 0 Å². The lowest BCUT2D eigenvalue weighted by molar-refractivity contribution is 0.574. The third-order valence-corrected chi connectivity index (χ3v) is 5.21. The van der Waals surface area contributed by atoms with Gasteiger partial charge in [0.25, 0.3) is 0 Å². The van der Waals surface area contributed by atoms with E-state index in [-0.39, 0.29) is 11.1 Å². The first-order valence-corrected chi connectivity index (χ1v) is 7.04. The first-order valence-electron chi connectivity index (χ1n) is 6.60. The molecular formula is C14H15ClN2O. The van der Waals surface area contributed by atoms with Gasteiger partial charge in [-0.15, -0.1) is 11.6 Å². The van der Waals surface area contributed by atoms with Crippen molar-refractivity contribution in [3.05, 3.63) is 34.2 Å². The second kappa shape index (κ2) is 3.64. The van der Waals surface area contributed by atoms with Crippen molar-refractivity contribution >= 4 is 22.6 Å². The van der Waals surface area contributed by atoms with Crippen molar-refractivity contribution in [2.75, 3.05) is 0 Å². The molecule has 1 aromatic heterocycles. The summed E-state index contributed by atoms with van der Waals surface area (Å²) in [5.41, 5.74) is 2.69. The molecule has 2 fully saturated rings. The SMILES string of the molecule is O=c1[nH]c2ccc(C(Cl)C3C4CCCC43)cc2[nH]1. The topological polar surface area (TPSA) is 48.6 Å². The lowest BCUT2D eigenvalue weighted by Crippen LogP contribution is -1.99. The first-order chi connectivity index (χ1) is 8.74. The van der Waals surface area contributed by atoms with Crippen LogP contribution in [0.15, 0.2) is 23.0 Å². The molecular weight excluding hydrogens is 248 g/mol. The maximum atomic E-state index is 11.2. The van der Waals surface area contributed by atoms with Gasteiger partial charge in [-0.05, 0) is 48.3 Å². The lowest BCUT2D eigenvalue weighted by Gasteiger charge is -2.11. The van der Waals surface area contributed by atoms with Crippen LogP contribution in [-0.4, -0.2) is 9.97 Å². The molecule has 2 aliphatic carbocycles. The Morgan fingerprint density at radius 2 is 1.89 bits per heavy atom. The summed E-state index contributed by atoms with van der Waals surface area (Å²) in [6.45, 7) is 0. The normalized spacial score (nSPS) is 31.5. The number of aromatic amines is 2. The predicted molar refractivity (Wildman–Crippen MR) is 71.8 cm³/mol. The van der Waals surface area contributed by atoms with E-state index in [2.05, 4.69) is 9.97 Å². The molecule has 94 valence electrons. The second-order valence-corrected chi connectivity index (χ2v) is 6.09. The average molecular weight is 263 g/mol. The van der Waals surface area contributed by atoms with Crippen molar-refractivity contribution in [3.63, 3.8) is 0 Å². The van der Waals surface area contributed by atoms with Crippen molar-refractivity contribution in [1.29, 1.82) is 0 Å². The van der Waals surface area contributed by atoms with Crippen LogP contribution < -0.4 is 5.69 Å². The molecule has 2 N–H and O–H groups in total. The molecule has 1 heterocycles. The summed E-state index contributed by atoms with van der Waals surface area (Å²) in [6.07, 6.45) is 4.07. The van der Waals surface area contributed by atoms with E-state index in [0.29, 0.717) is 5.92 Å². The van der Waals surface area contributed by atoms with Crippen molar-refractivity contribution in [2.45, 2.75) is 24.6 Å². The molecule has 3 atom stereocenters. The zero-order chi connectivity index (χ0) is 12.3. The molecule has 4 rings (SSSR count). The minimum atomic E-state index is -0.156. The molecule has 0 aliphatic heterocycles. The van der Waals surface area contributed by atoms with Crippen LogP contribution in [0.3, 0.4) is 0 Å². The first kappa shape index (κ1) is 10.7. The molecule has 0 bridgehead atoms. The molecule has 3 unspecified atom stereocenters. The number of halogens is 1. The fourth-order valence-electron chi connectivity index (χ4n) is 3.75. The number of hydrogen-bond donors (Lipinski definition) is 2. The van der Waals surface area contributed by atoms with E-state index >= 15 is 0 Å². The summed E-state index contributed by atoms with van der Waals surface area (Å²) in [7, 11) is 0. The van der Waals surface area contributed by atoms with E-state index in [1.54, 1.807) is 0 Å². The van der Waals surface area contributed by atoms with Crippen molar-refractivity contribution < 1.29 is 0 Å². The van der Waals surface area contributed by atoms with Gasteiger partial charge in [0.05, 0.1) is 16.4 Å². The Hall–Kier alpha value is -1.22. The Bertz CT molecular complexity index is 649. The van der Waals surface area contributed by atoms with Gasteiger partial charge in [-0.1, -0.05) is 12.5 Å². The van der Waals surface area contributed by atoms with E-state index in [1.807, 2.05) is 18.2 Å². The van der Waals surface area contributed by atoms with Crippen LogP contribution >= 0.6 is 11.6 Å². The molecule has 0 spiro atoms. The van der Waals surface area contributed by atoms with Gasteiger partial charge in [0.15, 0.2) is 0 Å². The van der Waals surface area contributed by atoms with E-state index in [0.717, 1.165) is 28.4 Å². The molecule has 4 heteroatoms. The van der Waals surface area contributed by atoms with E-state index < -0.39 is 0 Å². The van der Waals surface area contributed by atoms with Crippen LogP contribution in [0.5, 0.6) is 0 Å². The highest BCUT2D eigenvalue weighted by Crippen LogP contribution is 2.63. The molecule has 1 aromatic carbocycles. The zero-order valence-corrected chi connectivity index (χ0v) is 10.7. The highest BCUT2D eigenvalue weighted by molar-refractivity contribution is 6.21. The third-order valence-electron chi connectivity index (χ3n) is 4.67. The van der Waals surface area contributed by atoms with Gasteiger partial charge in [0.1, 0.15) is 0 Å². The standard InChI is InChI=1S/C14H15ClN2O/c15-13(12-8-2-1-3-9(8)12)7-4-5-10-11(6-7)17-14(18)16-10/h4-6,8-9,12-13H,1-3H2,(H2,16,17,18). The molecule has 0 radical (unpaired) electrons. The Labute approximate surface area is 110 Å². The zero-order valence-electron chi connectivity index (χ0n) is 9.95. The summed E-state index contributed by atoms with van der Waals surface area (Å²) in [6, 6.07) is 5.99. The Kier molecular flexibility index (Phi) is 2.16. The van der Waals surface area contributed by atoms with E-state index in [9.17, 15) is 4.79 Å². The van der Waals surface area contributed by atoms with Crippen LogP contribution in [0, 0.1) is 17.8 Å². The van der Waals surface area contributed by atoms with E-state index in [4.69, 9.17) is 11.6 Å². The minimum Gasteiger partial charge on any atom is -0.306 e. The molecule has 3 nitrogen and oxygen atoms in total. The highest BCUT2D eigenvalue weighted by Gasteiger charge is 2.55. The number of nitrogens with one attached hydrogen (secondary N) is 2. The summed E-state index contributed by atoms with van der Waals surface area (Å²) < 4.78 is 0. The van der Waals surface area contributed by atoms with Crippen LogP contribution in [0.1, 0.15) is 30.2 Å². The van der Waals surface area contributed by atoms with Gasteiger partial charge < -0.3 is 9.97 Å². The van der Waals surface area contributed by atoms with Crippen LogP contribution in [0.2, 0.25) is 0 Å². The number of alkyl halides is 1. The predicted octanol–water partition coefficient (Wildman–Crippen LogP) is 3.18. The van der Waals surface area contributed by atoms with Crippen molar-refractivity contribution in [1.82, 2.24) is 9.97 Å². The van der Waals surface area contributed by atoms with Gasteiger partial charge in [-0.2, -0.15) is 0 Å². The fraction of sp³-hybridized carbons (Fsp3) is 0.500. The largest absolute Gasteiger partial charge is 0.323 e. The number of fused-ring (bicyclic) bond motifs is 2. The summed E-state index contributed by atoms with van der Waals surface area (Å²) in [5, 5.41) is 0.100. The number of H-pyrrole nitrogens is 2. The van der Waals surface area contributed by atoms with Crippen LogP contribution in [0.4, 0.5) is 0 Å². The van der Waals surface area contributed by atoms with Crippen LogP contribution in [0.25, 0.3) is 11.0 Å². The molecule has 0 amide bonds. The Morgan fingerprint density at radius 1 is 1.17 bits per heavy atom. The van der Waals surface area contributed by atoms with Gasteiger partial charge in [-0.3, -0.25) is 0 Å². The summed E-state index contributed by atoms with van der Waals surface area (Å²) >= 11 is 6.61. The summed E-state index contributed by atoms with van der Waals surface area (Å²) in [5.74, 6) is 2.37. The van der Waals surface area contributed by atoms with Gasteiger partial charge in [-0.25, -0.2) is 4.79 Å². The maximum absolute atomic E-state index is 11.2. The van der Waals surface area contributed by atoms with Crippen molar-refractivity contribution in [3.8, 4) is 0 Å². The Morgan fingerprint density at radius 3 is 2.67 bits per heavy atom. The molecule has 18 heavy (non-hydrogen) atoms. The Balaban J connectivity index is 1.67. The molecule has 2 saturated carbocycles. The second-order valence-electron chi connectivity index (χ2n) is 5.62. The lowest BCUT2D eigenvalue weighted by atomic mass is 10.0. The molecule has 2 aliphatic rings. The van der Waals surface area contributed by atoms with Gasteiger partial charge in [0, 0.05) is 0 Å². The average Bonchev–Trinajstić information content (AvgIpc) is 2.74. The number of rotatable bonds is 2. The third kappa shape index (κ3) is 1.46. The van der Waals surface area contributed by atoms with Crippen LogP contribution in [-0.2, 0) is 0 Å². The smallest absolute Gasteiger partial charge is 0.306 e. The number of benzene rings is 1. The monoisotopic (exact) mass is 262 g/mol. The highest BCUT2D eigenvalue weighted by atomic mass is 35.5. The number of aromatic nitrogens is 2. The molecule has 2 aromatic rings.